The van der Waals surface area contributed by atoms with Crippen LogP contribution in [0, 0.1) is 0 Å². The molecule has 1 aromatic rings. The molecule has 0 bridgehead atoms. The van der Waals surface area contributed by atoms with E-state index in [-0.39, 0.29) is 6.42 Å². The fraction of sp³-hybridized carbons (Fsp3) is 0.500. The fourth-order valence-corrected chi connectivity index (χ4v) is 1.17. The van der Waals surface area contributed by atoms with Gasteiger partial charge >= 0.3 is 5.97 Å². The van der Waals surface area contributed by atoms with E-state index in [2.05, 4.69) is 4.98 Å². The van der Waals surface area contributed by atoms with E-state index in [1.165, 1.54) is 0 Å². The smallest absolute Gasteiger partial charge is 0.309 e. The molecule has 5 heteroatoms. The van der Waals surface area contributed by atoms with E-state index in [9.17, 15) is 4.79 Å². The predicted molar refractivity (Wildman–Crippen MR) is 48.9 cm³/mol. The highest BCUT2D eigenvalue weighted by Gasteiger charge is 2.10. The second-order valence-corrected chi connectivity index (χ2v) is 3.07. The lowest BCUT2D eigenvalue weighted by molar-refractivity contribution is -0.136. The lowest BCUT2D eigenvalue weighted by Crippen LogP contribution is -2.15. The maximum atomic E-state index is 10.4. The number of carboxylic acid groups (broad SMARTS) is 1. The van der Waals surface area contributed by atoms with Crippen LogP contribution in [0.15, 0.2) is 6.20 Å². The van der Waals surface area contributed by atoms with E-state index in [4.69, 9.17) is 5.11 Å². The normalized spacial score (nSPS) is 10.1. The standard InChI is InChI=1S/C8H13N3O2/c1-10(2)8-9-5-6(11(8)3)4-7(12)13/h5H,4H2,1-3H3,(H,12,13). The minimum Gasteiger partial charge on any atom is -0.481 e. The topological polar surface area (TPSA) is 58.4 Å². The first-order chi connectivity index (χ1) is 6.02. The Hall–Kier alpha value is -1.52. The van der Waals surface area contributed by atoms with Crippen molar-refractivity contribution in [3.8, 4) is 0 Å². The Kier molecular flexibility index (Phi) is 2.55. The molecule has 72 valence electrons. The fourth-order valence-electron chi connectivity index (χ4n) is 1.17. The number of aromatic nitrogens is 2. The van der Waals surface area contributed by atoms with Crippen LogP contribution in [0.1, 0.15) is 5.69 Å². The van der Waals surface area contributed by atoms with E-state index in [1.54, 1.807) is 17.8 Å². The van der Waals surface area contributed by atoms with Crippen molar-refractivity contribution in [2.24, 2.45) is 7.05 Å². The van der Waals surface area contributed by atoms with Crippen molar-refractivity contribution in [2.75, 3.05) is 19.0 Å². The zero-order valence-electron chi connectivity index (χ0n) is 7.98. The second kappa shape index (κ2) is 3.47. The third-order valence-corrected chi connectivity index (χ3v) is 1.79. The van der Waals surface area contributed by atoms with Crippen LogP contribution in [0.4, 0.5) is 5.95 Å². The molecular weight excluding hydrogens is 170 g/mol. The third kappa shape index (κ3) is 1.99. The van der Waals surface area contributed by atoms with Gasteiger partial charge in [-0.3, -0.25) is 4.79 Å². The maximum absolute atomic E-state index is 10.4. The van der Waals surface area contributed by atoms with Gasteiger partial charge in [0.05, 0.1) is 18.3 Å². The molecule has 0 amide bonds. The number of hydrogen-bond donors (Lipinski definition) is 1. The van der Waals surface area contributed by atoms with Crippen molar-refractivity contribution in [3.63, 3.8) is 0 Å². The molecule has 0 atom stereocenters. The number of hydrogen-bond acceptors (Lipinski definition) is 3. The average molecular weight is 183 g/mol. The highest BCUT2D eigenvalue weighted by molar-refractivity contribution is 5.69. The molecule has 0 aliphatic carbocycles. The minimum atomic E-state index is -0.840. The molecule has 0 aromatic carbocycles. The van der Waals surface area contributed by atoms with Crippen LogP contribution in [0.25, 0.3) is 0 Å². The highest BCUT2D eigenvalue weighted by Crippen LogP contribution is 2.10. The van der Waals surface area contributed by atoms with E-state index < -0.39 is 5.97 Å². The molecule has 1 rings (SSSR count). The minimum absolute atomic E-state index is 0.0112. The van der Waals surface area contributed by atoms with E-state index >= 15 is 0 Å². The second-order valence-electron chi connectivity index (χ2n) is 3.07. The van der Waals surface area contributed by atoms with Gasteiger partial charge in [0.15, 0.2) is 0 Å². The first-order valence-corrected chi connectivity index (χ1v) is 3.92. The average Bonchev–Trinajstić information content (AvgIpc) is 2.32. The molecule has 1 N–H and O–H groups in total. The molecular formula is C8H13N3O2. The Morgan fingerprint density at radius 3 is 2.69 bits per heavy atom. The van der Waals surface area contributed by atoms with Crippen LogP contribution in [0.2, 0.25) is 0 Å². The zero-order valence-corrected chi connectivity index (χ0v) is 7.98. The molecule has 0 saturated carbocycles. The molecule has 0 unspecified atom stereocenters. The van der Waals surface area contributed by atoms with Gasteiger partial charge in [0.1, 0.15) is 0 Å². The van der Waals surface area contributed by atoms with Crippen LogP contribution in [-0.4, -0.2) is 34.7 Å². The van der Waals surface area contributed by atoms with Crippen molar-refractivity contribution in [3.05, 3.63) is 11.9 Å². The summed E-state index contributed by atoms with van der Waals surface area (Å²) in [5.41, 5.74) is 0.705. The molecule has 13 heavy (non-hydrogen) atoms. The maximum Gasteiger partial charge on any atom is 0.309 e. The number of carboxylic acids is 1. The number of nitrogens with zero attached hydrogens (tertiary/aromatic N) is 3. The van der Waals surface area contributed by atoms with Crippen molar-refractivity contribution < 1.29 is 9.90 Å². The summed E-state index contributed by atoms with van der Waals surface area (Å²) in [6.45, 7) is 0. The lowest BCUT2D eigenvalue weighted by Gasteiger charge is -2.11. The quantitative estimate of drug-likeness (QED) is 0.722. The van der Waals surface area contributed by atoms with Gasteiger partial charge in [0, 0.05) is 21.1 Å². The Labute approximate surface area is 76.6 Å². The summed E-state index contributed by atoms with van der Waals surface area (Å²) in [5.74, 6) is -0.0791. The van der Waals surface area contributed by atoms with E-state index in [0.717, 1.165) is 5.95 Å². The van der Waals surface area contributed by atoms with E-state index in [1.807, 2.05) is 19.0 Å². The number of imidazole rings is 1. The Balaban J connectivity index is 2.92. The third-order valence-electron chi connectivity index (χ3n) is 1.79. The number of carbonyl (C=O) groups is 1. The molecule has 0 aliphatic heterocycles. The zero-order chi connectivity index (χ0) is 10.0. The molecule has 0 aliphatic rings. The summed E-state index contributed by atoms with van der Waals surface area (Å²) in [6.07, 6.45) is 1.60. The predicted octanol–water partition coefficient (Wildman–Crippen LogP) is 0.113. The van der Waals surface area contributed by atoms with Crippen LogP contribution < -0.4 is 4.90 Å². The largest absolute Gasteiger partial charge is 0.481 e. The Bertz CT molecular complexity index is 317. The van der Waals surface area contributed by atoms with Crippen LogP contribution >= 0.6 is 0 Å². The van der Waals surface area contributed by atoms with Crippen LogP contribution in [-0.2, 0) is 18.3 Å². The van der Waals surface area contributed by atoms with Gasteiger partial charge in [-0.15, -0.1) is 0 Å². The van der Waals surface area contributed by atoms with Crippen molar-refractivity contribution in [1.29, 1.82) is 0 Å². The van der Waals surface area contributed by atoms with Gasteiger partial charge in [-0.2, -0.15) is 0 Å². The van der Waals surface area contributed by atoms with Crippen molar-refractivity contribution in [2.45, 2.75) is 6.42 Å². The van der Waals surface area contributed by atoms with Gasteiger partial charge in [-0.1, -0.05) is 0 Å². The summed E-state index contributed by atoms with van der Waals surface area (Å²) < 4.78 is 1.77. The molecule has 0 radical (unpaired) electrons. The van der Waals surface area contributed by atoms with Gasteiger partial charge < -0.3 is 14.6 Å². The highest BCUT2D eigenvalue weighted by atomic mass is 16.4. The van der Waals surface area contributed by atoms with Crippen molar-refractivity contribution >= 4 is 11.9 Å². The number of anilines is 1. The summed E-state index contributed by atoms with van der Waals surface area (Å²) in [7, 11) is 5.54. The summed E-state index contributed by atoms with van der Waals surface area (Å²) in [5, 5.41) is 8.58. The van der Waals surface area contributed by atoms with Gasteiger partial charge in [0.2, 0.25) is 5.95 Å². The number of aliphatic carboxylic acids is 1. The first-order valence-electron chi connectivity index (χ1n) is 3.92. The molecule has 1 heterocycles. The van der Waals surface area contributed by atoms with Crippen LogP contribution in [0.3, 0.4) is 0 Å². The SMILES string of the molecule is CN(C)c1ncc(CC(=O)O)n1C. The lowest BCUT2D eigenvalue weighted by atomic mass is 10.3. The molecule has 0 spiro atoms. The van der Waals surface area contributed by atoms with Crippen LogP contribution in [0.5, 0.6) is 0 Å². The first kappa shape index (κ1) is 9.57. The van der Waals surface area contributed by atoms with Crippen molar-refractivity contribution in [1.82, 2.24) is 9.55 Å². The molecule has 0 fully saturated rings. The monoisotopic (exact) mass is 183 g/mol. The van der Waals surface area contributed by atoms with Gasteiger partial charge in [0.25, 0.3) is 0 Å². The Morgan fingerprint density at radius 1 is 1.69 bits per heavy atom. The summed E-state index contributed by atoms with van der Waals surface area (Å²) in [4.78, 5) is 16.4. The van der Waals surface area contributed by atoms with Gasteiger partial charge in [-0.25, -0.2) is 4.98 Å². The molecule has 1 aromatic heterocycles. The summed E-state index contributed by atoms with van der Waals surface area (Å²) in [6, 6.07) is 0. The number of rotatable bonds is 3. The Morgan fingerprint density at radius 2 is 2.31 bits per heavy atom. The summed E-state index contributed by atoms with van der Waals surface area (Å²) >= 11 is 0. The van der Waals surface area contributed by atoms with Gasteiger partial charge in [-0.05, 0) is 0 Å². The molecule has 0 saturated heterocycles. The molecule has 5 nitrogen and oxygen atoms in total. The van der Waals surface area contributed by atoms with E-state index in [0.29, 0.717) is 5.69 Å².